The molecule has 10 heteroatoms. The van der Waals surface area contributed by atoms with Crippen LogP contribution in [0.5, 0.6) is 0 Å². The van der Waals surface area contributed by atoms with E-state index in [-0.39, 0.29) is 17.5 Å². The molecular weight excluding hydrogens is 474 g/mol. The van der Waals surface area contributed by atoms with Gasteiger partial charge in [-0.1, -0.05) is 12.1 Å². The molecule has 1 aliphatic rings. The maximum absolute atomic E-state index is 13.7. The molecular formula is C26H25N7O2S. The summed E-state index contributed by atoms with van der Waals surface area (Å²) in [4.78, 5) is 45.7. The zero-order valence-corrected chi connectivity index (χ0v) is 20.9. The van der Waals surface area contributed by atoms with Gasteiger partial charge in [-0.15, -0.1) is 11.3 Å². The molecule has 0 bridgehead atoms. The van der Waals surface area contributed by atoms with Crippen molar-refractivity contribution in [2.24, 2.45) is 0 Å². The van der Waals surface area contributed by atoms with Crippen LogP contribution in [0.2, 0.25) is 0 Å². The molecule has 0 radical (unpaired) electrons. The first-order valence-electron chi connectivity index (χ1n) is 11.9. The van der Waals surface area contributed by atoms with E-state index in [4.69, 9.17) is 4.98 Å². The van der Waals surface area contributed by atoms with Crippen molar-refractivity contribution in [3.05, 3.63) is 76.0 Å². The Kier molecular flexibility index (Phi) is 5.62. The van der Waals surface area contributed by atoms with Crippen LogP contribution >= 0.6 is 11.3 Å². The van der Waals surface area contributed by atoms with Crippen molar-refractivity contribution in [1.29, 1.82) is 0 Å². The van der Waals surface area contributed by atoms with Gasteiger partial charge < -0.3 is 15.1 Å². The molecule has 0 unspecified atom stereocenters. The van der Waals surface area contributed by atoms with E-state index in [0.29, 0.717) is 21.6 Å². The fraction of sp³-hybridized carbons (Fsp3) is 0.269. The van der Waals surface area contributed by atoms with Crippen LogP contribution in [0, 0.1) is 6.92 Å². The SMILES string of the molecule is Cc1cncc(CNC(=O)c2c(=O)c3ccc(N4CCN(C)CC4)nc3n3c2sc2ccccc23)n1. The van der Waals surface area contributed by atoms with Gasteiger partial charge in [-0.05, 0) is 38.2 Å². The number of pyridine rings is 2. The van der Waals surface area contributed by atoms with Crippen molar-refractivity contribution in [3.8, 4) is 0 Å². The highest BCUT2D eigenvalue weighted by atomic mass is 32.1. The zero-order valence-electron chi connectivity index (χ0n) is 20.1. The molecule has 36 heavy (non-hydrogen) atoms. The van der Waals surface area contributed by atoms with Gasteiger partial charge in [-0.2, -0.15) is 0 Å². The van der Waals surface area contributed by atoms with Crippen molar-refractivity contribution < 1.29 is 4.79 Å². The van der Waals surface area contributed by atoms with Gasteiger partial charge in [0, 0.05) is 32.4 Å². The number of benzene rings is 1. The average Bonchev–Trinajstić information content (AvgIpc) is 3.27. The van der Waals surface area contributed by atoms with Crippen LogP contribution in [0.25, 0.3) is 26.1 Å². The number of nitrogens with one attached hydrogen (secondary N) is 1. The highest BCUT2D eigenvalue weighted by Gasteiger charge is 2.24. The molecule has 9 nitrogen and oxygen atoms in total. The quantitative estimate of drug-likeness (QED) is 0.406. The number of carbonyl (C=O) groups excluding carboxylic acids is 1. The zero-order chi connectivity index (χ0) is 24.8. The monoisotopic (exact) mass is 499 g/mol. The van der Waals surface area contributed by atoms with Crippen LogP contribution in [0.15, 0.2) is 53.6 Å². The van der Waals surface area contributed by atoms with Crippen molar-refractivity contribution in [3.63, 3.8) is 0 Å². The highest BCUT2D eigenvalue weighted by Crippen LogP contribution is 2.31. The van der Waals surface area contributed by atoms with Crippen molar-refractivity contribution >= 4 is 49.1 Å². The van der Waals surface area contributed by atoms with Crippen LogP contribution in [-0.2, 0) is 6.54 Å². The lowest BCUT2D eigenvalue weighted by Crippen LogP contribution is -2.44. The van der Waals surface area contributed by atoms with Crippen LogP contribution in [0.4, 0.5) is 5.82 Å². The Morgan fingerprint density at radius 1 is 1.06 bits per heavy atom. The molecule has 0 aliphatic carbocycles. The van der Waals surface area contributed by atoms with E-state index in [0.717, 1.165) is 47.9 Å². The molecule has 5 heterocycles. The molecule has 1 amide bonds. The number of nitrogens with zero attached hydrogens (tertiary/aromatic N) is 6. The van der Waals surface area contributed by atoms with E-state index in [2.05, 4.69) is 32.1 Å². The summed E-state index contributed by atoms with van der Waals surface area (Å²) in [5, 5.41) is 3.30. The number of carbonyl (C=O) groups is 1. The second kappa shape index (κ2) is 8.96. The predicted octanol–water partition coefficient (Wildman–Crippen LogP) is 2.84. The summed E-state index contributed by atoms with van der Waals surface area (Å²) in [5.74, 6) is 0.409. The Morgan fingerprint density at radius 2 is 1.86 bits per heavy atom. The predicted molar refractivity (Wildman–Crippen MR) is 142 cm³/mol. The van der Waals surface area contributed by atoms with Crippen molar-refractivity contribution in [1.82, 2.24) is 29.6 Å². The number of amides is 1. The molecule has 0 saturated carbocycles. The van der Waals surface area contributed by atoms with E-state index >= 15 is 0 Å². The molecule has 1 saturated heterocycles. The van der Waals surface area contributed by atoms with Crippen LogP contribution in [0.3, 0.4) is 0 Å². The number of thiazole rings is 1. The number of piperazine rings is 1. The lowest BCUT2D eigenvalue weighted by atomic mass is 10.1. The number of likely N-dealkylation sites (N-methyl/N-ethyl adjacent to an activating group) is 1. The largest absolute Gasteiger partial charge is 0.354 e. The first-order valence-corrected chi connectivity index (χ1v) is 12.7. The summed E-state index contributed by atoms with van der Waals surface area (Å²) in [6.07, 6.45) is 3.27. The summed E-state index contributed by atoms with van der Waals surface area (Å²) < 4.78 is 2.94. The number of fused-ring (bicyclic) bond motifs is 5. The third kappa shape index (κ3) is 3.88. The van der Waals surface area contributed by atoms with Gasteiger partial charge in [0.15, 0.2) is 5.65 Å². The molecule has 182 valence electrons. The molecule has 0 spiro atoms. The second-order valence-electron chi connectivity index (χ2n) is 9.08. The summed E-state index contributed by atoms with van der Waals surface area (Å²) in [6, 6.07) is 11.6. The smallest absolute Gasteiger partial charge is 0.258 e. The molecule has 1 aliphatic heterocycles. The number of anilines is 1. The minimum Gasteiger partial charge on any atom is -0.354 e. The van der Waals surface area contributed by atoms with E-state index in [1.807, 2.05) is 41.7 Å². The number of hydrogen-bond acceptors (Lipinski definition) is 8. The Labute approximate surface area is 211 Å². The van der Waals surface area contributed by atoms with Crippen molar-refractivity contribution in [2.45, 2.75) is 13.5 Å². The lowest BCUT2D eigenvalue weighted by Gasteiger charge is -2.33. The van der Waals surface area contributed by atoms with Gasteiger partial charge in [0.2, 0.25) is 5.43 Å². The normalized spacial score (nSPS) is 14.7. The summed E-state index contributed by atoms with van der Waals surface area (Å²) in [7, 11) is 2.11. The lowest BCUT2D eigenvalue weighted by molar-refractivity contribution is 0.0951. The third-order valence-corrected chi connectivity index (χ3v) is 7.71. The maximum Gasteiger partial charge on any atom is 0.258 e. The van der Waals surface area contributed by atoms with Gasteiger partial charge in [0.1, 0.15) is 16.2 Å². The van der Waals surface area contributed by atoms with Crippen LogP contribution < -0.4 is 15.6 Å². The van der Waals surface area contributed by atoms with Gasteiger partial charge in [-0.25, -0.2) is 4.98 Å². The third-order valence-electron chi connectivity index (χ3n) is 6.56. The molecule has 6 rings (SSSR count). The van der Waals surface area contributed by atoms with E-state index in [1.54, 1.807) is 18.5 Å². The van der Waals surface area contributed by atoms with E-state index in [9.17, 15) is 9.59 Å². The molecule has 1 aromatic carbocycles. The topological polar surface area (TPSA) is 95.7 Å². The minimum atomic E-state index is -0.433. The fourth-order valence-electron chi connectivity index (χ4n) is 4.65. The van der Waals surface area contributed by atoms with Gasteiger partial charge in [-0.3, -0.25) is 24.0 Å². The Balaban J connectivity index is 1.50. The number of hydrogen-bond donors (Lipinski definition) is 1. The number of rotatable bonds is 4. The molecule has 5 aromatic rings. The van der Waals surface area contributed by atoms with Gasteiger partial charge in [0.25, 0.3) is 5.91 Å². The molecule has 0 atom stereocenters. The summed E-state index contributed by atoms with van der Waals surface area (Å²) in [5.41, 5.74) is 2.70. The fourth-order valence-corrected chi connectivity index (χ4v) is 5.83. The highest BCUT2D eigenvalue weighted by molar-refractivity contribution is 7.24. The number of aryl methyl sites for hydroxylation is 1. The standard InChI is InChI=1S/C26H25N7O2S/c1-16-13-27-14-17(29-16)15-28-25(35)22-23(34)18-7-8-21(32-11-9-31(2)10-12-32)30-24(18)33-19-5-3-4-6-20(19)36-26(22)33/h3-8,13-14H,9-12,15H2,1-2H3,(H,28,35). The molecule has 1 N–H and O–H groups in total. The van der Waals surface area contributed by atoms with Crippen molar-refractivity contribution in [2.75, 3.05) is 38.1 Å². The van der Waals surface area contributed by atoms with Crippen LogP contribution in [-0.4, -0.2) is 63.4 Å². The Hall–Kier alpha value is -3.89. The summed E-state index contributed by atoms with van der Waals surface area (Å²) >= 11 is 1.43. The van der Waals surface area contributed by atoms with E-state index in [1.165, 1.54) is 11.3 Å². The van der Waals surface area contributed by atoms with Gasteiger partial charge >= 0.3 is 0 Å². The number of para-hydroxylation sites is 1. The molecule has 4 aromatic heterocycles. The molecule has 1 fully saturated rings. The maximum atomic E-state index is 13.7. The average molecular weight is 500 g/mol. The Morgan fingerprint density at radius 3 is 2.67 bits per heavy atom. The summed E-state index contributed by atoms with van der Waals surface area (Å²) in [6.45, 7) is 5.70. The second-order valence-corrected chi connectivity index (χ2v) is 10.1. The first kappa shape index (κ1) is 22.6. The van der Waals surface area contributed by atoms with E-state index < -0.39 is 5.91 Å². The number of aromatic nitrogens is 4. The Bertz CT molecular complexity index is 1690. The van der Waals surface area contributed by atoms with Gasteiger partial charge in [0.05, 0.1) is 39.7 Å². The van der Waals surface area contributed by atoms with Crippen LogP contribution in [0.1, 0.15) is 21.7 Å². The first-order chi connectivity index (χ1) is 17.5. The minimum absolute atomic E-state index is 0.124.